The van der Waals surface area contributed by atoms with Gasteiger partial charge in [0.25, 0.3) is 5.91 Å². The predicted octanol–water partition coefficient (Wildman–Crippen LogP) is 2.19. The van der Waals surface area contributed by atoms with E-state index in [-0.39, 0.29) is 11.7 Å². The molecule has 1 heterocycles. The number of rotatable bonds is 2. The molecule has 3 rings (SSSR count). The van der Waals surface area contributed by atoms with Crippen LogP contribution in [0.1, 0.15) is 11.6 Å². The van der Waals surface area contributed by atoms with Crippen molar-refractivity contribution in [1.82, 2.24) is 5.32 Å². The molecule has 0 bridgehead atoms. The van der Waals surface area contributed by atoms with Crippen LogP contribution >= 0.6 is 0 Å². The zero-order valence-corrected chi connectivity index (χ0v) is 10.5. The Morgan fingerprint density at radius 3 is 2.25 bits per heavy atom. The number of phenolic OH excluding ortho intramolecular Hbond substituents is 1. The van der Waals surface area contributed by atoms with E-state index in [4.69, 9.17) is 0 Å². The lowest BCUT2D eigenvalue weighted by atomic mass is 10.1. The molecule has 1 fully saturated rings. The quantitative estimate of drug-likeness (QED) is 0.820. The minimum absolute atomic E-state index is 0.116. The molecule has 100 valence electrons. The molecule has 1 aliphatic rings. The Morgan fingerprint density at radius 1 is 0.950 bits per heavy atom. The second-order valence-corrected chi connectivity index (χ2v) is 4.49. The van der Waals surface area contributed by atoms with Crippen LogP contribution in [0.2, 0.25) is 0 Å². The molecule has 0 aliphatic carbocycles. The molecule has 1 aliphatic heterocycles. The van der Waals surface area contributed by atoms with Crippen LogP contribution in [-0.2, 0) is 4.79 Å². The van der Waals surface area contributed by atoms with Crippen molar-refractivity contribution in [3.63, 3.8) is 0 Å². The SMILES string of the molecule is O=C1NC(=O)N(c2ccccc2)C1c1ccc(O)cc1. The minimum atomic E-state index is -0.717. The van der Waals surface area contributed by atoms with Crippen molar-refractivity contribution in [3.05, 3.63) is 60.2 Å². The van der Waals surface area contributed by atoms with Crippen LogP contribution in [0.4, 0.5) is 10.5 Å². The van der Waals surface area contributed by atoms with Crippen molar-refractivity contribution in [2.45, 2.75) is 6.04 Å². The Morgan fingerprint density at radius 2 is 1.60 bits per heavy atom. The molecule has 0 aromatic heterocycles. The van der Waals surface area contributed by atoms with E-state index < -0.39 is 12.1 Å². The fraction of sp³-hybridized carbons (Fsp3) is 0.0667. The van der Waals surface area contributed by atoms with Gasteiger partial charge < -0.3 is 5.11 Å². The molecule has 0 spiro atoms. The summed E-state index contributed by atoms with van der Waals surface area (Å²) in [5, 5.41) is 11.6. The number of carbonyl (C=O) groups is 2. The zero-order chi connectivity index (χ0) is 14.1. The molecule has 1 unspecified atom stereocenters. The maximum Gasteiger partial charge on any atom is 0.329 e. The van der Waals surface area contributed by atoms with Gasteiger partial charge in [-0.1, -0.05) is 30.3 Å². The van der Waals surface area contributed by atoms with E-state index in [1.54, 1.807) is 36.4 Å². The standard InChI is InChI=1S/C15H12N2O3/c18-12-8-6-10(7-9-12)13-14(19)16-15(20)17(13)11-4-2-1-3-5-11/h1-9,13,18H,(H,16,19,20). The van der Waals surface area contributed by atoms with Gasteiger partial charge in [-0.05, 0) is 29.8 Å². The molecule has 5 heteroatoms. The Bertz CT molecular complexity index is 653. The molecule has 3 amide bonds. The monoisotopic (exact) mass is 268 g/mol. The number of benzene rings is 2. The first-order chi connectivity index (χ1) is 9.66. The Balaban J connectivity index is 2.04. The number of imide groups is 1. The molecule has 0 saturated carbocycles. The maximum absolute atomic E-state index is 12.0. The van der Waals surface area contributed by atoms with E-state index in [2.05, 4.69) is 5.32 Å². The fourth-order valence-electron chi connectivity index (χ4n) is 2.28. The van der Waals surface area contributed by atoms with Gasteiger partial charge in [0, 0.05) is 5.69 Å². The largest absolute Gasteiger partial charge is 0.508 e. The normalized spacial score (nSPS) is 18.2. The third-order valence-corrected chi connectivity index (χ3v) is 3.20. The van der Waals surface area contributed by atoms with Gasteiger partial charge in [0.2, 0.25) is 0 Å². The highest BCUT2D eigenvalue weighted by Gasteiger charge is 2.40. The number of nitrogens with zero attached hydrogens (tertiary/aromatic N) is 1. The number of hydrogen-bond acceptors (Lipinski definition) is 3. The Hall–Kier alpha value is -2.82. The van der Waals surface area contributed by atoms with Crippen molar-refractivity contribution >= 4 is 17.6 Å². The summed E-state index contributed by atoms with van der Waals surface area (Å²) in [6, 6.07) is 14.1. The first kappa shape index (κ1) is 12.2. The molecule has 2 aromatic carbocycles. The van der Waals surface area contributed by atoms with Gasteiger partial charge in [-0.15, -0.1) is 0 Å². The predicted molar refractivity (Wildman–Crippen MR) is 73.3 cm³/mol. The van der Waals surface area contributed by atoms with Crippen molar-refractivity contribution in [2.24, 2.45) is 0 Å². The average Bonchev–Trinajstić information content (AvgIpc) is 2.75. The van der Waals surface area contributed by atoms with Crippen LogP contribution in [0.3, 0.4) is 0 Å². The van der Waals surface area contributed by atoms with Crippen molar-refractivity contribution in [2.75, 3.05) is 4.90 Å². The van der Waals surface area contributed by atoms with Crippen LogP contribution < -0.4 is 10.2 Å². The van der Waals surface area contributed by atoms with E-state index in [0.717, 1.165) is 0 Å². The number of phenols is 1. The van der Waals surface area contributed by atoms with E-state index in [9.17, 15) is 14.7 Å². The first-order valence-electron chi connectivity index (χ1n) is 6.15. The van der Waals surface area contributed by atoms with Crippen molar-refractivity contribution < 1.29 is 14.7 Å². The molecule has 2 N–H and O–H groups in total. The van der Waals surface area contributed by atoms with Crippen LogP contribution in [0.15, 0.2) is 54.6 Å². The third-order valence-electron chi connectivity index (χ3n) is 3.20. The zero-order valence-electron chi connectivity index (χ0n) is 10.5. The van der Waals surface area contributed by atoms with Gasteiger partial charge in [0.15, 0.2) is 0 Å². The average molecular weight is 268 g/mol. The highest BCUT2D eigenvalue weighted by Crippen LogP contribution is 2.31. The van der Waals surface area contributed by atoms with Gasteiger partial charge in [-0.3, -0.25) is 15.0 Å². The summed E-state index contributed by atoms with van der Waals surface area (Å²) in [4.78, 5) is 25.4. The number of hydrogen-bond donors (Lipinski definition) is 2. The summed E-state index contributed by atoms with van der Waals surface area (Å²) in [5.41, 5.74) is 1.30. The van der Waals surface area contributed by atoms with Gasteiger partial charge in [0.05, 0.1) is 0 Å². The highest BCUT2D eigenvalue weighted by molar-refractivity contribution is 6.14. The number of carbonyl (C=O) groups excluding carboxylic acids is 2. The van der Waals surface area contributed by atoms with Gasteiger partial charge in [-0.25, -0.2) is 4.79 Å². The second-order valence-electron chi connectivity index (χ2n) is 4.49. The van der Waals surface area contributed by atoms with E-state index >= 15 is 0 Å². The lowest BCUT2D eigenvalue weighted by Gasteiger charge is -2.22. The summed E-state index contributed by atoms with van der Waals surface area (Å²) in [6.07, 6.45) is 0. The maximum atomic E-state index is 12.0. The van der Waals surface area contributed by atoms with Crippen LogP contribution in [0.25, 0.3) is 0 Å². The van der Waals surface area contributed by atoms with Gasteiger partial charge >= 0.3 is 6.03 Å². The van der Waals surface area contributed by atoms with Crippen molar-refractivity contribution in [3.8, 4) is 5.75 Å². The van der Waals surface area contributed by atoms with Crippen LogP contribution in [-0.4, -0.2) is 17.0 Å². The van der Waals surface area contributed by atoms with Gasteiger partial charge in [0.1, 0.15) is 11.8 Å². The van der Waals surface area contributed by atoms with Gasteiger partial charge in [-0.2, -0.15) is 0 Å². The molecule has 1 atom stereocenters. The third kappa shape index (κ3) is 1.99. The molecule has 2 aromatic rings. The number of urea groups is 1. The summed E-state index contributed by atoms with van der Waals surface area (Å²) in [7, 11) is 0. The number of aromatic hydroxyl groups is 1. The van der Waals surface area contributed by atoms with Crippen LogP contribution in [0, 0.1) is 0 Å². The number of para-hydroxylation sites is 1. The summed E-state index contributed by atoms with van der Waals surface area (Å²) < 4.78 is 0. The summed E-state index contributed by atoms with van der Waals surface area (Å²) in [5.74, 6) is -0.255. The molecular weight excluding hydrogens is 256 g/mol. The van der Waals surface area contributed by atoms with Crippen molar-refractivity contribution in [1.29, 1.82) is 0 Å². The van der Waals surface area contributed by atoms with E-state index in [1.165, 1.54) is 17.0 Å². The lowest BCUT2D eigenvalue weighted by molar-refractivity contribution is -0.119. The number of anilines is 1. The Kier molecular flexibility index (Phi) is 2.87. The second kappa shape index (κ2) is 4.70. The fourth-order valence-corrected chi connectivity index (χ4v) is 2.28. The molecule has 20 heavy (non-hydrogen) atoms. The van der Waals surface area contributed by atoms with Crippen LogP contribution in [0.5, 0.6) is 5.75 Å². The number of nitrogens with one attached hydrogen (secondary N) is 1. The van der Waals surface area contributed by atoms with E-state index in [0.29, 0.717) is 11.3 Å². The summed E-state index contributed by atoms with van der Waals surface area (Å²) >= 11 is 0. The Labute approximate surface area is 115 Å². The first-order valence-corrected chi connectivity index (χ1v) is 6.15. The molecule has 1 saturated heterocycles. The topological polar surface area (TPSA) is 69.6 Å². The summed E-state index contributed by atoms with van der Waals surface area (Å²) in [6.45, 7) is 0. The molecule has 0 radical (unpaired) electrons. The number of amides is 3. The minimum Gasteiger partial charge on any atom is -0.508 e. The highest BCUT2D eigenvalue weighted by atomic mass is 16.3. The molecule has 5 nitrogen and oxygen atoms in total. The molecular formula is C15H12N2O3. The smallest absolute Gasteiger partial charge is 0.329 e. The van der Waals surface area contributed by atoms with E-state index in [1.807, 2.05) is 6.07 Å². The lowest BCUT2D eigenvalue weighted by Crippen LogP contribution is -2.29.